The van der Waals surface area contributed by atoms with Gasteiger partial charge in [0, 0.05) is 6.08 Å². The summed E-state index contributed by atoms with van der Waals surface area (Å²) in [5, 5.41) is 9.98. The predicted octanol–water partition coefficient (Wildman–Crippen LogP) is 2.84. The number of nitro groups is 1. The van der Waals surface area contributed by atoms with Crippen LogP contribution < -0.4 is 0 Å². The van der Waals surface area contributed by atoms with Crippen molar-refractivity contribution in [3.05, 3.63) is 50.4 Å². The molecule has 1 rings (SSSR count). The Morgan fingerprint density at radius 2 is 2.23 bits per heavy atom. The molecule has 1 aromatic rings. The van der Waals surface area contributed by atoms with Crippen LogP contribution in [-0.2, 0) is 0 Å². The predicted molar refractivity (Wildman–Crippen MR) is 50.1 cm³/mol. The zero-order chi connectivity index (χ0) is 9.84. The molecule has 68 valence electrons. The van der Waals surface area contributed by atoms with E-state index in [1.165, 1.54) is 18.2 Å². The fourth-order valence-electron chi connectivity index (χ4n) is 0.790. The topological polar surface area (TPSA) is 43.1 Å². The minimum atomic E-state index is -0.600. The minimum Gasteiger partial charge on any atom is -0.259 e. The lowest BCUT2D eigenvalue weighted by Gasteiger charge is -1.96. The molecule has 0 radical (unpaired) electrons. The Kier molecular flexibility index (Phi) is 3.13. The molecule has 0 unspecified atom stereocenters. The Morgan fingerprint density at radius 1 is 1.54 bits per heavy atom. The van der Waals surface area contributed by atoms with Gasteiger partial charge in [-0.2, -0.15) is 0 Å². The van der Waals surface area contributed by atoms with Gasteiger partial charge in [-0.3, -0.25) is 10.1 Å². The van der Waals surface area contributed by atoms with Gasteiger partial charge in [0.1, 0.15) is 5.82 Å². The fourth-order valence-corrected chi connectivity index (χ4v) is 1.19. The highest BCUT2D eigenvalue weighted by molar-refractivity contribution is 9.10. The van der Waals surface area contributed by atoms with Crippen molar-refractivity contribution in [2.75, 3.05) is 0 Å². The molecule has 5 heteroatoms. The van der Waals surface area contributed by atoms with Crippen LogP contribution >= 0.6 is 15.9 Å². The van der Waals surface area contributed by atoms with Crippen molar-refractivity contribution in [1.82, 2.24) is 0 Å². The van der Waals surface area contributed by atoms with E-state index in [-0.39, 0.29) is 4.47 Å². The van der Waals surface area contributed by atoms with Gasteiger partial charge in [0.15, 0.2) is 0 Å². The van der Waals surface area contributed by atoms with E-state index in [0.29, 0.717) is 5.56 Å². The molecular weight excluding hydrogens is 241 g/mol. The molecular formula is C8H5BrFNO2. The normalized spacial score (nSPS) is 10.6. The van der Waals surface area contributed by atoms with E-state index in [1.807, 2.05) is 0 Å². The summed E-state index contributed by atoms with van der Waals surface area (Å²) < 4.78 is 13.1. The van der Waals surface area contributed by atoms with Crippen LogP contribution in [0, 0.1) is 15.9 Å². The summed E-state index contributed by atoms with van der Waals surface area (Å²) in [5.74, 6) is -0.439. The third-order valence-corrected chi connectivity index (χ3v) is 2.19. The summed E-state index contributed by atoms with van der Waals surface area (Å²) in [7, 11) is 0. The molecule has 0 aliphatic heterocycles. The van der Waals surface area contributed by atoms with Gasteiger partial charge < -0.3 is 0 Å². The Balaban J connectivity index is 3.02. The first-order valence-corrected chi connectivity index (χ1v) is 4.16. The fraction of sp³-hybridized carbons (Fsp3) is 0. The second-order valence-electron chi connectivity index (χ2n) is 2.24. The average Bonchev–Trinajstić information content (AvgIpc) is 2.07. The van der Waals surface area contributed by atoms with E-state index in [0.717, 1.165) is 6.20 Å². The van der Waals surface area contributed by atoms with Crippen LogP contribution in [0.4, 0.5) is 4.39 Å². The van der Waals surface area contributed by atoms with E-state index >= 15 is 0 Å². The second-order valence-corrected chi connectivity index (χ2v) is 3.04. The van der Waals surface area contributed by atoms with Crippen LogP contribution in [0.1, 0.15) is 5.56 Å². The molecule has 3 nitrogen and oxygen atoms in total. The largest absolute Gasteiger partial charge is 0.259 e. The summed E-state index contributed by atoms with van der Waals surface area (Å²) in [6.45, 7) is 0. The first kappa shape index (κ1) is 9.85. The molecule has 13 heavy (non-hydrogen) atoms. The van der Waals surface area contributed by atoms with Gasteiger partial charge in [-0.15, -0.1) is 0 Å². The number of nitrogens with zero attached hydrogens (tertiary/aromatic N) is 1. The highest BCUT2D eigenvalue weighted by Crippen LogP contribution is 2.21. The molecule has 0 saturated heterocycles. The molecule has 0 amide bonds. The van der Waals surface area contributed by atoms with E-state index in [2.05, 4.69) is 15.9 Å². The summed E-state index contributed by atoms with van der Waals surface area (Å²) in [4.78, 5) is 9.38. The molecule has 0 aliphatic rings. The number of hydrogen-bond acceptors (Lipinski definition) is 2. The average molecular weight is 246 g/mol. The first-order chi connectivity index (χ1) is 6.11. The highest BCUT2D eigenvalue weighted by Gasteiger charge is 2.02. The Hall–Kier alpha value is -1.23. The summed E-state index contributed by atoms with van der Waals surface area (Å²) in [6.07, 6.45) is 1.99. The van der Waals surface area contributed by atoms with Gasteiger partial charge in [0.25, 0.3) is 0 Å². The second kappa shape index (κ2) is 4.13. The molecule has 0 heterocycles. The van der Waals surface area contributed by atoms with Gasteiger partial charge in [0.05, 0.1) is 9.40 Å². The number of hydrogen-bond donors (Lipinski definition) is 0. The van der Waals surface area contributed by atoms with E-state index in [1.54, 1.807) is 6.07 Å². The van der Waals surface area contributed by atoms with Crippen molar-refractivity contribution in [2.45, 2.75) is 0 Å². The number of halogens is 2. The number of rotatable bonds is 2. The van der Waals surface area contributed by atoms with E-state index < -0.39 is 10.7 Å². The lowest BCUT2D eigenvalue weighted by Crippen LogP contribution is -1.85. The molecule has 0 aliphatic carbocycles. The van der Waals surface area contributed by atoms with Crippen molar-refractivity contribution >= 4 is 22.0 Å². The molecule has 0 atom stereocenters. The van der Waals surface area contributed by atoms with Crippen LogP contribution in [0.5, 0.6) is 0 Å². The first-order valence-electron chi connectivity index (χ1n) is 3.37. The van der Waals surface area contributed by atoms with Crippen LogP contribution in [0.2, 0.25) is 0 Å². The Labute approximate surface area is 82.2 Å². The molecule has 1 aromatic carbocycles. The highest BCUT2D eigenvalue weighted by atomic mass is 79.9. The van der Waals surface area contributed by atoms with Crippen molar-refractivity contribution in [2.24, 2.45) is 0 Å². The molecule has 0 spiro atoms. The van der Waals surface area contributed by atoms with Crippen molar-refractivity contribution in [3.63, 3.8) is 0 Å². The standard InChI is InChI=1S/C8H5BrFNO2/c9-8-6(4-5-11(12)13)2-1-3-7(8)10/h1-5H. The smallest absolute Gasteiger partial charge is 0.235 e. The third kappa shape index (κ3) is 2.62. The molecule has 0 fully saturated rings. The number of benzene rings is 1. The Morgan fingerprint density at radius 3 is 2.85 bits per heavy atom. The Bertz CT molecular complexity index is 365. The summed E-state index contributed by atoms with van der Waals surface area (Å²) in [6, 6.07) is 4.33. The van der Waals surface area contributed by atoms with Crippen LogP contribution in [0.15, 0.2) is 28.9 Å². The van der Waals surface area contributed by atoms with E-state index in [4.69, 9.17) is 0 Å². The van der Waals surface area contributed by atoms with E-state index in [9.17, 15) is 14.5 Å². The molecule has 0 saturated carbocycles. The van der Waals surface area contributed by atoms with Crippen molar-refractivity contribution < 1.29 is 9.31 Å². The minimum absolute atomic E-state index is 0.230. The third-order valence-electron chi connectivity index (χ3n) is 1.36. The lowest BCUT2D eigenvalue weighted by atomic mass is 10.2. The SMILES string of the molecule is O=[N+]([O-])C=Cc1cccc(F)c1Br. The van der Waals surface area contributed by atoms with Crippen LogP contribution in [-0.4, -0.2) is 4.92 Å². The zero-order valence-electron chi connectivity index (χ0n) is 6.41. The van der Waals surface area contributed by atoms with Crippen LogP contribution in [0.25, 0.3) is 6.08 Å². The maximum Gasteiger partial charge on any atom is 0.235 e. The maximum absolute atomic E-state index is 12.9. The van der Waals surface area contributed by atoms with Gasteiger partial charge in [-0.05, 0) is 27.6 Å². The van der Waals surface area contributed by atoms with Crippen molar-refractivity contribution in [3.8, 4) is 0 Å². The van der Waals surface area contributed by atoms with Gasteiger partial charge in [-0.1, -0.05) is 12.1 Å². The molecule has 0 aromatic heterocycles. The summed E-state index contributed by atoms with van der Waals surface area (Å²) >= 11 is 2.98. The lowest BCUT2D eigenvalue weighted by molar-refractivity contribution is -0.400. The van der Waals surface area contributed by atoms with Gasteiger partial charge >= 0.3 is 0 Å². The quantitative estimate of drug-likeness (QED) is 0.594. The monoisotopic (exact) mass is 245 g/mol. The summed E-state index contributed by atoms with van der Waals surface area (Å²) in [5.41, 5.74) is 0.441. The molecule has 0 N–H and O–H groups in total. The van der Waals surface area contributed by atoms with Gasteiger partial charge in [0.2, 0.25) is 6.20 Å². The molecule has 0 bridgehead atoms. The van der Waals surface area contributed by atoms with Crippen molar-refractivity contribution in [1.29, 1.82) is 0 Å². The maximum atomic E-state index is 12.9. The van der Waals surface area contributed by atoms with Crippen LogP contribution in [0.3, 0.4) is 0 Å². The zero-order valence-corrected chi connectivity index (χ0v) is 7.99. The van der Waals surface area contributed by atoms with Gasteiger partial charge in [-0.25, -0.2) is 4.39 Å².